The topological polar surface area (TPSA) is 58.2 Å². The quantitative estimate of drug-likeness (QED) is 0.818. The minimum absolute atomic E-state index is 0.140. The molecule has 0 fully saturated rings. The van der Waals surface area contributed by atoms with Crippen molar-refractivity contribution in [2.24, 2.45) is 0 Å². The third kappa shape index (κ3) is 3.59. The first kappa shape index (κ1) is 14.1. The maximum Gasteiger partial charge on any atom is 0.243 e. The molecule has 104 valence electrons. The summed E-state index contributed by atoms with van der Waals surface area (Å²) in [6, 6.07) is 2.39. The fourth-order valence-electron chi connectivity index (χ4n) is 1.79. The second-order valence-corrected chi connectivity index (χ2v) is 5.95. The number of halogens is 2. The maximum absolute atomic E-state index is 13.4. The monoisotopic (exact) mass is 288 g/mol. The lowest BCUT2D eigenvalue weighted by atomic mass is 10.1. The zero-order valence-corrected chi connectivity index (χ0v) is 10.9. The van der Waals surface area contributed by atoms with Crippen LogP contribution in [0.15, 0.2) is 34.7 Å². The molecule has 19 heavy (non-hydrogen) atoms. The summed E-state index contributed by atoms with van der Waals surface area (Å²) in [5, 5.41) is 3.10. The van der Waals surface area contributed by atoms with Gasteiger partial charge in [0.2, 0.25) is 10.0 Å². The molecule has 1 aromatic carbocycles. The van der Waals surface area contributed by atoms with Crippen LogP contribution in [0.5, 0.6) is 0 Å². The minimum Gasteiger partial charge on any atom is -0.313 e. The van der Waals surface area contributed by atoms with Gasteiger partial charge in [-0.2, -0.15) is 0 Å². The van der Waals surface area contributed by atoms with Crippen LogP contribution in [-0.4, -0.2) is 28.1 Å². The van der Waals surface area contributed by atoms with E-state index in [2.05, 4.69) is 10.0 Å². The maximum atomic E-state index is 13.4. The van der Waals surface area contributed by atoms with Gasteiger partial charge in [0.05, 0.1) is 0 Å². The molecule has 1 aliphatic heterocycles. The molecule has 0 aliphatic carbocycles. The standard InChI is InChI=1S/C12H14F2N2O2S/c13-10-1-2-12(11(14)7-10)19(17,18)16-8-9-3-5-15-6-4-9/h1-3,7,15-16H,4-6,8H2. The highest BCUT2D eigenvalue weighted by Gasteiger charge is 2.19. The van der Waals surface area contributed by atoms with Gasteiger partial charge in [0.15, 0.2) is 0 Å². The summed E-state index contributed by atoms with van der Waals surface area (Å²) in [6.07, 6.45) is 2.64. The second kappa shape index (κ2) is 5.77. The van der Waals surface area contributed by atoms with E-state index in [1.54, 1.807) is 0 Å². The molecule has 4 nitrogen and oxygen atoms in total. The van der Waals surface area contributed by atoms with Crippen molar-refractivity contribution in [3.05, 3.63) is 41.5 Å². The van der Waals surface area contributed by atoms with E-state index in [0.29, 0.717) is 12.6 Å². The fraction of sp³-hybridized carbons (Fsp3) is 0.333. The van der Waals surface area contributed by atoms with E-state index in [9.17, 15) is 17.2 Å². The summed E-state index contributed by atoms with van der Waals surface area (Å²) >= 11 is 0. The van der Waals surface area contributed by atoms with Crippen LogP contribution < -0.4 is 10.0 Å². The van der Waals surface area contributed by atoms with E-state index in [0.717, 1.165) is 30.7 Å². The van der Waals surface area contributed by atoms with Gasteiger partial charge in [-0.3, -0.25) is 0 Å². The Labute approximate surface area is 110 Å². The third-order valence-electron chi connectivity index (χ3n) is 2.83. The van der Waals surface area contributed by atoms with Gasteiger partial charge in [-0.15, -0.1) is 0 Å². The molecule has 1 heterocycles. The Morgan fingerprint density at radius 2 is 2.11 bits per heavy atom. The van der Waals surface area contributed by atoms with Crippen LogP contribution in [-0.2, 0) is 10.0 Å². The molecule has 0 saturated heterocycles. The lowest BCUT2D eigenvalue weighted by Crippen LogP contribution is -2.30. The molecule has 2 rings (SSSR count). The number of rotatable bonds is 4. The van der Waals surface area contributed by atoms with E-state index >= 15 is 0 Å². The molecule has 0 radical (unpaired) electrons. The molecular weight excluding hydrogens is 274 g/mol. The highest BCUT2D eigenvalue weighted by molar-refractivity contribution is 7.89. The largest absolute Gasteiger partial charge is 0.313 e. The Balaban J connectivity index is 2.11. The summed E-state index contributed by atoms with van der Waals surface area (Å²) in [4.78, 5) is -0.538. The highest BCUT2D eigenvalue weighted by Crippen LogP contribution is 2.15. The molecular formula is C12H14F2N2O2S. The van der Waals surface area contributed by atoms with E-state index < -0.39 is 26.6 Å². The minimum atomic E-state index is -3.96. The molecule has 0 amide bonds. The SMILES string of the molecule is O=S(=O)(NCC1=CCNCC1)c1ccc(F)cc1F. The van der Waals surface area contributed by atoms with Crippen LogP contribution in [0.25, 0.3) is 0 Å². The third-order valence-corrected chi connectivity index (χ3v) is 4.27. The van der Waals surface area contributed by atoms with Gasteiger partial charge in [-0.1, -0.05) is 11.6 Å². The first-order valence-corrected chi connectivity index (χ1v) is 7.31. The lowest BCUT2D eigenvalue weighted by Gasteiger charge is -2.15. The van der Waals surface area contributed by atoms with E-state index in [4.69, 9.17) is 0 Å². The van der Waals surface area contributed by atoms with E-state index in [1.807, 2.05) is 6.08 Å². The van der Waals surface area contributed by atoms with Crippen LogP contribution in [0, 0.1) is 11.6 Å². The summed E-state index contributed by atoms with van der Waals surface area (Å²) in [5.41, 5.74) is 0.949. The van der Waals surface area contributed by atoms with Crippen LogP contribution in [0.4, 0.5) is 8.78 Å². The molecule has 1 aliphatic rings. The zero-order valence-electron chi connectivity index (χ0n) is 10.1. The molecule has 0 unspecified atom stereocenters. The molecule has 2 N–H and O–H groups in total. The van der Waals surface area contributed by atoms with Crippen molar-refractivity contribution in [2.45, 2.75) is 11.3 Å². The molecule has 0 spiro atoms. The summed E-state index contributed by atoms with van der Waals surface area (Å²) in [6.45, 7) is 1.63. The van der Waals surface area contributed by atoms with Gasteiger partial charge in [0.25, 0.3) is 0 Å². The number of hydrogen-bond acceptors (Lipinski definition) is 3. The average Bonchev–Trinajstić information content (AvgIpc) is 2.37. The Bertz CT molecular complexity index is 600. The molecule has 0 aromatic heterocycles. The molecule has 0 bridgehead atoms. The van der Waals surface area contributed by atoms with Crippen LogP contribution in [0.2, 0.25) is 0 Å². The number of hydrogen-bond donors (Lipinski definition) is 2. The molecule has 0 atom stereocenters. The lowest BCUT2D eigenvalue weighted by molar-refractivity contribution is 0.543. The van der Waals surface area contributed by atoms with Gasteiger partial charge < -0.3 is 5.32 Å². The second-order valence-electron chi connectivity index (χ2n) is 4.22. The zero-order chi connectivity index (χ0) is 13.9. The van der Waals surface area contributed by atoms with Crippen molar-refractivity contribution in [3.8, 4) is 0 Å². The Morgan fingerprint density at radius 3 is 2.74 bits per heavy atom. The van der Waals surface area contributed by atoms with Gasteiger partial charge >= 0.3 is 0 Å². The van der Waals surface area contributed by atoms with Gasteiger partial charge in [0.1, 0.15) is 16.5 Å². The summed E-state index contributed by atoms with van der Waals surface area (Å²) in [5.74, 6) is -1.90. The van der Waals surface area contributed by atoms with Gasteiger partial charge in [-0.25, -0.2) is 21.9 Å². The van der Waals surface area contributed by atoms with Crippen LogP contribution >= 0.6 is 0 Å². The predicted octanol–water partition coefficient (Wildman–Crippen LogP) is 1.16. The Kier molecular flexibility index (Phi) is 4.28. The number of nitrogens with one attached hydrogen (secondary N) is 2. The van der Waals surface area contributed by atoms with Crippen molar-refractivity contribution in [2.75, 3.05) is 19.6 Å². The first-order chi connectivity index (χ1) is 8.99. The highest BCUT2D eigenvalue weighted by atomic mass is 32.2. The fourth-order valence-corrected chi connectivity index (χ4v) is 2.88. The smallest absolute Gasteiger partial charge is 0.243 e. The molecule has 7 heteroatoms. The normalized spacial score (nSPS) is 16.2. The Morgan fingerprint density at radius 1 is 1.32 bits per heavy atom. The average molecular weight is 288 g/mol. The predicted molar refractivity (Wildman–Crippen MR) is 67.1 cm³/mol. The van der Waals surface area contributed by atoms with E-state index in [1.165, 1.54) is 0 Å². The number of sulfonamides is 1. The van der Waals surface area contributed by atoms with E-state index in [-0.39, 0.29) is 6.54 Å². The van der Waals surface area contributed by atoms with Crippen LogP contribution in [0.1, 0.15) is 6.42 Å². The van der Waals surface area contributed by atoms with Crippen molar-refractivity contribution in [1.29, 1.82) is 0 Å². The molecule has 0 saturated carbocycles. The van der Waals surface area contributed by atoms with Crippen LogP contribution in [0.3, 0.4) is 0 Å². The Hall–Kier alpha value is -1.31. The van der Waals surface area contributed by atoms with Crippen molar-refractivity contribution in [1.82, 2.24) is 10.0 Å². The van der Waals surface area contributed by atoms with Crippen molar-refractivity contribution >= 4 is 10.0 Å². The molecule has 1 aromatic rings. The van der Waals surface area contributed by atoms with Crippen molar-refractivity contribution < 1.29 is 17.2 Å². The van der Waals surface area contributed by atoms with Crippen molar-refractivity contribution in [3.63, 3.8) is 0 Å². The first-order valence-electron chi connectivity index (χ1n) is 5.82. The number of benzene rings is 1. The summed E-state index contributed by atoms with van der Waals surface area (Å²) in [7, 11) is -3.96. The summed E-state index contributed by atoms with van der Waals surface area (Å²) < 4.78 is 52.3. The van der Waals surface area contributed by atoms with Gasteiger partial charge in [0, 0.05) is 19.2 Å². The van der Waals surface area contributed by atoms with Gasteiger partial charge in [-0.05, 0) is 25.1 Å².